The van der Waals surface area contributed by atoms with Gasteiger partial charge < -0.3 is 9.47 Å². The molecule has 14 heteroatoms. The van der Waals surface area contributed by atoms with Gasteiger partial charge in [0.1, 0.15) is 11.5 Å². The third-order valence-corrected chi connectivity index (χ3v) is 7.66. The molecule has 0 N–H and O–H groups in total. The molecule has 47 heavy (non-hydrogen) atoms. The van der Waals surface area contributed by atoms with Gasteiger partial charge in [-0.15, -0.1) is 0 Å². The summed E-state index contributed by atoms with van der Waals surface area (Å²) in [6, 6.07) is 6.74. The maximum Gasteiger partial charge on any atom is 0.411 e. The first-order valence-electron chi connectivity index (χ1n) is 14.1. The second-order valence-electron chi connectivity index (χ2n) is 11.6. The van der Waals surface area contributed by atoms with E-state index in [0.717, 1.165) is 12.1 Å². The molecule has 0 aliphatic rings. The van der Waals surface area contributed by atoms with Crippen molar-refractivity contribution in [3.63, 3.8) is 0 Å². The summed E-state index contributed by atoms with van der Waals surface area (Å²) >= 11 is 0. The van der Waals surface area contributed by atoms with Crippen molar-refractivity contribution in [1.82, 2.24) is 0 Å². The molecule has 0 spiro atoms. The zero-order valence-corrected chi connectivity index (χ0v) is 25.6. The first-order valence-corrected chi connectivity index (χ1v) is 14.1. The Hall–Kier alpha value is -4.10. The third-order valence-electron chi connectivity index (χ3n) is 7.66. The summed E-state index contributed by atoms with van der Waals surface area (Å²) < 4.78 is 156. The molecule has 3 aromatic rings. The van der Waals surface area contributed by atoms with Gasteiger partial charge in [-0.25, -0.2) is 4.79 Å². The summed E-state index contributed by atoms with van der Waals surface area (Å²) in [6.07, 6.45) is -12.2. The van der Waals surface area contributed by atoms with Crippen LogP contribution < -0.4 is 9.47 Å². The maximum atomic E-state index is 14.9. The van der Waals surface area contributed by atoms with Crippen molar-refractivity contribution in [3.05, 3.63) is 95.1 Å². The van der Waals surface area contributed by atoms with Crippen molar-refractivity contribution in [3.8, 4) is 11.5 Å². The van der Waals surface area contributed by atoms with Gasteiger partial charge in [0.05, 0.1) is 6.10 Å². The van der Waals surface area contributed by atoms with Gasteiger partial charge >= 0.3 is 30.2 Å². The van der Waals surface area contributed by atoms with E-state index in [1.54, 1.807) is 13.8 Å². The van der Waals surface area contributed by atoms with Gasteiger partial charge in [0, 0.05) is 16.5 Å². The Morgan fingerprint density at radius 3 is 1.32 bits per heavy atom. The van der Waals surface area contributed by atoms with E-state index < -0.39 is 80.9 Å². The molecule has 3 rings (SSSR count). The van der Waals surface area contributed by atoms with Crippen LogP contribution in [0, 0.1) is 5.41 Å². The summed E-state index contributed by atoms with van der Waals surface area (Å²) in [6.45, 7) is 7.30. The van der Waals surface area contributed by atoms with E-state index in [2.05, 4.69) is 4.74 Å². The summed E-state index contributed by atoms with van der Waals surface area (Å²) in [5.74, 6) is -13.1. The highest BCUT2D eigenvalue weighted by Crippen LogP contribution is 2.56. The lowest BCUT2D eigenvalue weighted by Crippen LogP contribution is -2.54. The van der Waals surface area contributed by atoms with Crippen LogP contribution in [0.4, 0.5) is 43.9 Å². The molecule has 0 aliphatic heterocycles. The predicted molar refractivity (Wildman–Crippen MR) is 150 cm³/mol. The Labute approximate surface area is 263 Å². The number of hydrogen-bond donors (Lipinski definition) is 0. The van der Waals surface area contributed by atoms with Crippen LogP contribution in [0.2, 0.25) is 0 Å². The van der Waals surface area contributed by atoms with Gasteiger partial charge in [0.15, 0.2) is 0 Å². The van der Waals surface area contributed by atoms with Crippen molar-refractivity contribution in [2.75, 3.05) is 0 Å². The smallest absolute Gasteiger partial charge is 0.411 e. The van der Waals surface area contributed by atoms with Crippen molar-refractivity contribution in [1.29, 1.82) is 0 Å². The Morgan fingerprint density at radius 2 is 0.957 bits per heavy atom. The molecule has 256 valence electrons. The lowest BCUT2D eigenvalue weighted by atomic mass is 9.73. The number of Topliss-reactive ketones (excluding diaryl/α,β-unsaturated/α-hetero) is 1. The first-order chi connectivity index (χ1) is 21.4. The van der Waals surface area contributed by atoms with Crippen LogP contribution in [-0.2, 0) is 26.8 Å². The molecule has 3 aromatic carbocycles. The first kappa shape index (κ1) is 37.4. The average Bonchev–Trinajstić information content (AvgIpc) is 2.97. The number of alkyl halides is 10. The van der Waals surface area contributed by atoms with E-state index in [1.807, 2.05) is 0 Å². The molecule has 0 radical (unpaired) electrons. The van der Waals surface area contributed by atoms with Crippen LogP contribution in [0.15, 0.2) is 72.8 Å². The number of benzene rings is 3. The topological polar surface area (TPSA) is 52.6 Å². The fourth-order valence-electron chi connectivity index (χ4n) is 4.71. The molecule has 0 aromatic heterocycles. The van der Waals surface area contributed by atoms with E-state index in [-0.39, 0.29) is 12.2 Å². The number of hydrogen-bond acceptors (Lipinski definition) is 4. The summed E-state index contributed by atoms with van der Waals surface area (Å²) in [5, 5.41) is 0. The van der Waals surface area contributed by atoms with Gasteiger partial charge in [0.25, 0.3) is 0 Å². The fourth-order valence-corrected chi connectivity index (χ4v) is 4.71. The SMILES string of the molecule is CCC(C)(C)C(=O)C(F)(F)c1ccc(C(F)(F)C(=O)Oc2ccc(C(c3ccc(OC(C)C)cc3)(C(F)(F)F)C(F)(F)F)cc2)cc1. The van der Waals surface area contributed by atoms with Crippen molar-refractivity contribution in [2.45, 2.75) is 76.8 Å². The number of carbonyl (C=O) groups excluding carboxylic acids is 2. The van der Waals surface area contributed by atoms with E-state index in [9.17, 15) is 53.5 Å². The van der Waals surface area contributed by atoms with E-state index in [1.165, 1.54) is 20.8 Å². The zero-order valence-electron chi connectivity index (χ0n) is 25.6. The zero-order chi connectivity index (χ0) is 35.8. The minimum Gasteiger partial charge on any atom is -0.491 e. The van der Waals surface area contributed by atoms with Crippen molar-refractivity contribution in [2.24, 2.45) is 5.41 Å². The minimum absolute atomic E-state index is 0.0162. The molecular weight excluding hydrogens is 650 g/mol. The second kappa shape index (κ2) is 12.8. The normalized spacial score (nSPS) is 13.4. The van der Waals surface area contributed by atoms with Crippen LogP contribution in [0.1, 0.15) is 63.3 Å². The second-order valence-corrected chi connectivity index (χ2v) is 11.6. The largest absolute Gasteiger partial charge is 0.491 e. The lowest BCUT2D eigenvalue weighted by Gasteiger charge is -2.38. The molecule has 0 aliphatic carbocycles. The van der Waals surface area contributed by atoms with Crippen LogP contribution >= 0.6 is 0 Å². The standard InChI is InChI=1S/C33H30F10O4/c1-6-28(4,5)26(44)30(34,35)22-7-9-23(10-8-22)31(36,37)27(45)47-25-17-13-21(14-18-25)29(32(38,39)40,33(41,42)43)20-11-15-24(16-12-20)46-19(2)3/h7-19H,6H2,1-5H3. The van der Waals surface area contributed by atoms with Gasteiger partial charge in [-0.1, -0.05) is 69.3 Å². The average molecular weight is 681 g/mol. The molecule has 4 nitrogen and oxygen atoms in total. The maximum absolute atomic E-state index is 14.9. The highest BCUT2D eigenvalue weighted by Gasteiger charge is 2.72. The lowest BCUT2D eigenvalue weighted by molar-refractivity contribution is -0.288. The van der Waals surface area contributed by atoms with Crippen LogP contribution in [0.25, 0.3) is 0 Å². The Morgan fingerprint density at radius 1 is 0.596 bits per heavy atom. The van der Waals surface area contributed by atoms with E-state index >= 15 is 0 Å². The minimum atomic E-state index is -5.95. The molecule has 0 heterocycles. The van der Waals surface area contributed by atoms with Crippen molar-refractivity contribution < 1.29 is 63.0 Å². The summed E-state index contributed by atoms with van der Waals surface area (Å²) in [4.78, 5) is 24.7. The fraction of sp³-hybridized carbons (Fsp3) is 0.394. The Kier molecular flexibility index (Phi) is 10.2. The molecule has 0 atom stereocenters. The number of ketones is 1. The van der Waals surface area contributed by atoms with Gasteiger partial charge in [-0.3, -0.25) is 4.79 Å². The number of rotatable bonds is 11. The highest BCUT2D eigenvalue weighted by molar-refractivity contribution is 5.91. The summed E-state index contributed by atoms with van der Waals surface area (Å²) in [5.41, 5.74) is -10.6. The summed E-state index contributed by atoms with van der Waals surface area (Å²) in [7, 11) is 0. The Balaban J connectivity index is 1.93. The number of halogens is 10. The molecule has 0 fully saturated rings. The number of ether oxygens (including phenoxy) is 2. The molecular formula is C33H30F10O4. The third kappa shape index (κ3) is 7.10. The van der Waals surface area contributed by atoms with Gasteiger partial charge in [0.2, 0.25) is 11.2 Å². The number of carbonyl (C=O) groups is 2. The monoisotopic (exact) mass is 680 g/mol. The molecule has 0 saturated heterocycles. The van der Waals surface area contributed by atoms with E-state index in [4.69, 9.17) is 4.74 Å². The van der Waals surface area contributed by atoms with Crippen molar-refractivity contribution >= 4 is 11.8 Å². The molecule has 0 bridgehead atoms. The van der Waals surface area contributed by atoms with E-state index in [0.29, 0.717) is 60.7 Å². The van der Waals surface area contributed by atoms with Gasteiger partial charge in [-0.05, 0) is 55.7 Å². The quantitative estimate of drug-likeness (QED) is 0.115. The van der Waals surface area contributed by atoms with Crippen LogP contribution in [0.3, 0.4) is 0 Å². The highest BCUT2D eigenvalue weighted by atomic mass is 19.4. The van der Waals surface area contributed by atoms with Crippen LogP contribution in [0.5, 0.6) is 11.5 Å². The predicted octanol–water partition coefficient (Wildman–Crippen LogP) is 9.68. The number of esters is 1. The van der Waals surface area contributed by atoms with Crippen LogP contribution in [-0.4, -0.2) is 30.2 Å². The Bertz CT molecular complexity index is 1540. The molecule has 0 amide bonds. The molecule has 0 saturated carbocycles. The molecule has 0 unspecified atom stereocenters. The van der Waals surface area contributed by atoms with Gasteiger partial charge in [-0.2, -0.15) is 43.9 Å².